The summed E-state index contributed by atoms with van der Waals surface area (Å²) >= 11 is 1.27. The van der Waals surface area contributed by atoms with Gasteiger partial charge in [-0.1, -0.05) is 0 Å². The van der Waals surface area contributed by atoms with Gasteiger partial charge in [-0.15, -0.1) is 11.3 Å². The number of aromatic nitrogens is 1. The molecule has 1 atom stereocenters. The van der Waals surface area contributed by atoms with Gasteiger partial charge in [0, 0.05) is 13.1 Å². The molecule has 1 rings (SSSR count). The van der Waals surface area contributed by atoms with Crippen molar-refractivity contribution in [1.82, 2.24) is 20.5 Å². The van der Waals surface area contributed by atoms with E-state index in [2.05, 4.69) is 20.6 Å². The van der Waals surface area contributed by atoms with Crippen LogP contribution in [0.5, 0.6) is 0 Å². The fourth-order valence-corrected chi connectivity index (χ4v) is 3.45. The van der Waals surface area contributed by atoms with Crippen molar-refractivity contribution in [1.29, 1.82) is 0 Å². The maximum atomic E-state index is 12.3. The lowest BCUT2D eigenvalue weighted by atomic mass is 10.3. The van der Waals surface area contributed by atoms with Crippen LogP contribution >= 0.6 is 11.3 Å². The number of carbonyl (C=O) groups is 1. The zero-order valence-electron chi connectivity index (χ0n) is 17.5. The number of carbonyl (C=O) groups excluding carboxylic acids is 1. The van der Waals surface area contributed by atoms with Gasteiger partial charge in [0.2, 0.25) is 0 Å². The van der Waals surface area contributed by atoms with Crippen molar-refractivity contribution < 1.29 is 22.7 Å². The zero-order chi connectivity index (χ0) is 22.0. The molecule has 7 nitrogen and oxygen atoms in total. The van der Waals surface area contributed by atoms with Crippen molar-refractivity contribution in [3.63, 3.8) is 0 Å². The Balaban J connectivity index is 2.65. The summed E-state index contributed by atoms with van der Waals surface area (Å²) in [5.41, 5.74) is 0.617. The van der Waals surface area contributed by atoms with Crippen LogP contribution in [0.3, 0.4) is 0 Å². The Labute approximate surface area is 173 Å². The fraction of sp³-hybridized carbons (Fsp3) is 0.722. The number of hydrogen-bond acceptors (Lipinski definition) is 6. The van der Waals surface area contributed by atoms with Crippen LogP contribution in [0.15, 0.2) is 4.99 Å². The summed E-state index contributed by atoms with van der Waals surface area (Å²) < 4.78 is 42.1. The average molecular weight is 438 g/mol. The van der Waals surface area contributed by atoms with E-state index in [9.17, 15) is 18.0 Å². The second kappa shape index (κ2) is 12.0. The molecule has 1 aromatic heterocycles. The number of rotatable bonds is 10. The van der Waals surface area contributed by atoms with Crippen molar-refractivity contribution in [2.45, 2.75) is 46.3 Å². The van der Waals surface area contributed by atoms with Gasteiger partial charge >= 0.3 is 12.1 Å². The molecular formula is C18H30F3N5O2S. The lowest BCUT2D eigenvalue weighted by molar-refractivity contribution is -0.143. The predicted molar refractivity (Wildman–Crippen MR) is 109 cm³/mol. The van der Waals surface area contributed by atoms with Crippen LogP contribution in [0.25, 0.3) is 0 Å². The minimum Gasteiger partial charge on any atom is -0.462 e. The normalized spacial score (nSPS) is 13.5. The van der Waals surface area contributed by atoms with Gasteiger partial charge in [0.15, 0.2) is 5.96 Å². The van der Waals surface area contributed by atoms with E-state index in [1.165, 1.54) is 23.3 Å². The maximum absolute atomic E-state index is 12.3. The first kappa shape index (κ1) is 25.2. The average Bonchev–Trinajstić information content (AvgIpc) is 2.99. The summed E-state index contributed by atoms with van der Waals surface area (Å²) in [6.45, 7) is 8.02. The zero-order valence-corrected chi connectivity index (χ0v) is 18.3. The van der Waals surface area contributed by atoms with E-state index >= 15 is 0 Å². The number of guanidine groups is 1. The SMILES string of the molecule is CCNC(=NCCCN(C)CC(F)(F)F)NC(C)c1nc(C)c(C(=O)OCC)s1. The third kappa shape index (κ3) is 9.44. The van der Waals surface area contributed by atoms with Crippen LogP contribution in [0.1, 0.15) is 53.6 Å². The van der Waals surface area contributed by atoms with E-state index in [1.54, 1.807) is 13.8 Å². The van der Waals surface area contributed by atoms with Crippen LogP contribution in [0.2, 0.25) is 0 Å². The molecule has 0 saturated carbocycles. The molecule has 0 aromatic carbocycles. The number of alkyl halides is 3. The van der Waals surface area contributed by atoms with Gasteiger partial charge in [-0.05, 0) is 47.7 Å². The highest BCUT2D eigenvalue weighted by atomic mass is 32.1. The molecule has 1 heterocycles. The van der Waals surface area contributed by atoms with Gasteiger partial charge in [0.25, 0.3) is 0 Å². The van der Waals surface area contributed by atoms with E-state index in [0.29, 0.717) is 49.2 Å². The first-order chi connectivity index (χ1) is 13.6. The number of nitrogens with zero attached hydrogens (tertiary/aromatic N) is 3. The van der Waals surface area contributed by atoms with Crippen LogP contribution in [0.4, 0.5) is 13.2 Å². The smallest absolute Gasteiger partial charge is 0.401 e. The molecular weight excluding hydrogens is 407 g/mol. The van der Waals surface area contributed by atoms with E-state index in [0.717, 1.165) is 5.01 Å². The molecule has 1 unspecified atom stereocenters. The molecule has 0 saturated heterocycles. The molecule has 166 valence electrons. The summed E-state index contributed by atoms with van der Waals surface area (Å²) in [6.07, 6.45) is -3.70. The largest absolute Gasteiger partial charge is 0.462 e. The summed E-state index contributed by atoms with van der Waals surface area (Å²) in [7, 11) is 1.44. The highest BCUT2D eigenvalue weighted by Crippen LogP contribution is 2.24. The summed E-state index contributed by atoms with van der Waals surface area (Å²) in [5, 5.41) is 7.04. The number of aliphatic imine (C=N–C) groups is 1. The molecule has 1 aromatic rings. The van der Waals surface area contributed by atoms with E-state index < -0.39 is 12.7 Å². The molecule has 0 spiro atoms. The van der Waals surface area contributed by atoms with E-state index in [1.807, 2.05) is 13.8 Å². The minimum absolute atomic E-state index is 0.201. The minimum atomic E-state index is -4.20. The Hall–Kier alpha value is -1.88. The summed E-state index contributed by atoms with van der Waals surface area (Å²) in [6, 6.07) is -0.201. The first-order valence-electron chi connectivity index (χ1n) is 9.51. The molecule has 0 bridgehead atoms. The Morgan fingerprint density at radius 2 is 2.07 bits per heavy atom. The Bertz CT molecular complexity index is 679. The number of halogens is 3. The standard InChI is InChI=1S/C18H30F3N5O2S/c1-6-22-17(23-9-8-10-26(5)11-18(19,20)21)25-13(4)15-24-12(3)14(29-15)16(27)28-7-2/h13H,6-11H2,1-5H3,(H2,22,23,25). The third-order valence-electron chi connectivity index (χ3n) is 3.76. The number of aryl methyl sites for hydroxylation is 1. The molecule has 0 aliphatic rings. The molecule has 2 N–H and O–H groups in total. The molecule has 0 amide bonds. The number of ether oxygens (including phenoxy) is 1. The Morgan fingerprint density at radius 1 is 1.38 bits per heavy atom. The van der Waals surface area contributed by atoms with Crippen LogP contribution in [0, 0.1) is 6.92 Å². The van der Waals surface area contributed by atoms with Crippen molar-refractivity contribution >= 4 is 23.3 Å². The first-order valence-corrected chi connectivity index (χ1v) is 10.3. The molecule has 0 fully saturated rings. The van der Waals surface area contributed by atoms with Crippen LogP contribution in [-0.4, -0.2) is 67.8 Å². The quantitative estimate of drug-likeness (QED) is 0.253. The van der Waals surface area contributed by atoms with Crippen molar-refractivity contribution in [3.05, 3.63) is 15.6 Å². The van der Waals surface area contributed by atoms with Crippen LogP contribution < -0.4 is 10.6 Å². The highest BCUT2D eigenvalue weighted by Gasteiger charge is 2.28. The summed E-state index contributed by atoms with van der Waals surface area (Å²) in [4.78, 5) is 22.5. The van der Waals surface area contributed by atoms with E-state index in [-0.39, 0.29) is 12.0 Å². The van der Waals surface area contributed by atoms with Gasteiger partial charge in [-0.2, -0.15) is 13.2 Å². The molecule has 29 heavy (non-hydrogen) atoms. The predicted octanol–water partition coefficient (Wildman–Crippen LogP) is 3.13. The van der Waals surface area contributed by atoms with Gasteiger partial charge in [0.1, 0.15) is 9.88 Å². The van der Waals surface area contributed by atoms with Crippen molar-refractivity contribution in [2.24, 2.45) is 4.99 Å². The number of hydrogen-bond donors (Lipinski definition) is 2. The molecule has 11 heteroatoms. The number of thiazole rings is 1. The Morgan fingerprint density at radius 3 is 2.66 bits per heavy atom. The monoisotopic (exact) mass is 437 g/mol. The second-order valence-electron chi connectivity index (χ2n) is 6.52. The van der Waals surface area contributed by atoms with E-state index in [4.69, 9.17) is 4.74 Å². The topological polar surface area (TPSA) is 78.9 Å². The lowest BCUT2D eigenvalue weighted by Gasteiger charge is -2.18. The third-order valence-corrected chi connectivity index (χ3v) is 5.08. The van der Waals surface area contributed by atoms with Crippen molar-refractivity contribution in [2.75, 3.05) is 39.8 Å². The number of esters is 1. The molecule has 0 radical (unpaired) electrons. The Kier molecular flexibility index (Phi) is 10.4. The molecule has 0 aliphatic carbocycles. The van der Waals surface area contributed by atoms with Gasteiger partial charge in [0.05, 0.1) is 24.9 Å². The lowest BCUT2D eigenvalue weighted by Crippen LogP contribution is -2.39. The van der Waals surface area contributed by atoms with Crippen molar-refractivity contribution in [3.8, 4) is 0 Å². The van der Waals surface area contributed by atoms with Gasteiger partial charge < -0.3 is 15.4 Å². The highest BCUT2D eigenvalue weighted by molar-refractivity contribution is 7.13. The van der Waals surface area contributed by atoms with Crippen LogP contribution in [-0.2, 0) is 4.74 Å². The van der Waals surface area contributed by atoms with Gasteiger partial charge in [-0.25, -0.2) is 9.78 Å². The maximum Gasteiger partial charge on any atom is 0.401 e. The fourth-order valence-electron chi connectivity index (χ4n) is 2.49. The number of nitrogens with one attached hydrogen (secondary N) is 2. The second-order valence-corrected chi connectivity index (χ2v) is 7.55. The summed E-state index contributed by atoms with van der Waals surface area (Å²) in [5.74, 6) is 0.161. The van der Waals surface area contributed by atoms with Gasteiger partial charge in [-0.3, -0.25) is 9.89 Å². The molecule has 0 aliphatic heterocycles.